The predicted molar refractivity (Wildman–Crippen MR) is 446 cm³/mol. The predicted octanol–water partition coefficient (Wildman–Crippen LogP) is 8.23. The molecule has 7 fully saturated rings. The van der Waals surface area contributed by atoms with E-state index in [0.717, 1.165) is 25.6 Å². The molecule has 7 N–H and O–H groups in total. The minimum atomic E-state index is -2.39. The van der Waals surface area contributed by atoms with Gasteiger partial charge in [0.25, 0.3) is 5.24 Å². The molecule has 686 valence electrons. The summed E-state index contributed by atoms with van der Waals surface area (Å²) in [7, 11) is 1.45. The quantitative estimate of drug-likeness (QED) is 0.0209. The van der Waals surface area contributed by atoms with Crippen LogP contribution in [0.25, 0.3) is 0 Å². The molecule has 0 radical (unpaired) electrons. The highest BCUT2D eigenvalue weighted by atomic mass is 32.2. The number of amides is 2. The Balaban J connectivity index is 0.000000230. The Morgan fingerprint density at radius 3 is 1.51 bits per heavy atom. The SMILES string of the molecule is CC(=O)O[C@H]1C(=O)[C@@]2(C)[C@H]([C@H](OC(=O)c3ccccc3)[C@]3(O)C[C@H](OC(=O)[C@H](O)[C@@H](NC(=O)SCC(C)C)c4ccco4)C(C)=C1C3(C)C)[C@]1(OC(C)=O)CO[C@@H]1C[C@@H]2O.CO[C@H]1C[C@H]2OC[C@@]2(OC(C)=O)[C@H]2[C@H](OC(=O)c3ccccc3)[C@]3(O)C[C@H](OC(=O)[C@H](O)[C@@H](NC(=O)OC(C)(C)C)c4ccccc4)C(C)=C([C@@H](OCN4CCOCC4)C(=O)[C@]12C)C3(C)C. The number of hydrogen-bond acceptors (Lipinski definition) is 32. The number of esters is 7. The average Bonchev–Trinajstić information content (AvgIpc) is 0.716. The molecule has 22 atom stereocenters. The zero-order chi connectivity index (χ0) is 92.1. The molecule has 33 nitrogen and oxygen atoms in total. The van der Waals surface area contributed by atoms with Gasteiger partial charge in [-0.1, -0.05) is 120 Å². The number of aliphatic hydroxyl groups excluding tert-OH is 3. The highest BCUT2D eigenvalue weighted by Gasteiger charge is 2.81. The molecule has 1 aromatic heterocycles. The van der Waals surface area contributed by atoms with E-state index in [-0.39, 0.29) is 72.3 Å². The third-order valence-corrected chi connectivity index (χ3v) is 28.2. The van der Waals surface area contributed by atoms with Gasteiger partial charge in [0.1, 0.15) is 78.1 Å². The van der Waals surface area contributed by atoms with Crippen LogP contribution in [0.5, 0.6) is 0 Å². The monoisotopic (exact) mass is 1780 g/mol. The van der Waals surface area contributed by atoms with E-state index in [0.29, 0.717) is 43.2 Å². The van der Waals surface area contributed by atoms with Gasteiger partial charge in [-0.05, 0) is 119 Å². The van der Waals surface area contributed by atoms with Crippen molar-refractivity contribution in [2.24, 2.45) is 39.4 Å². The smallest absolute Gasteiger partial charge is 0.408 e. The third-order valence-electron chi connectivity index (χ3n) is 27.0. The molecular formula is C92H117N3O30S. The van der Waals surface area contributed by atoms with Crippen molar-refractivity contribution in [1.29, 1.82) is 0 Å². The van der Waals surface area contributed by atoms with Gasteiger partial charge in [0.15, 0.2) is 41.1 Å². The van der Waals surface area contributed by atoms with Crippen LogP contribution in [0, 0.1) is 39.4 Å². The first-order valence-electron chi connectivity index (χ1n) is 42.4. The lowest BCUT2D eigenvalue weighted by molar-refractivity contribution is -0.347. The number of carbonyl (C=O) groups is 11. The summed E-state index contributed by atoms with van der Waals surface area (Å²) in [5, 5.41) is 67.7. The molecule has 3 aromatic carbocycles. The number of thioether (sulfide) groups is 1. The van der Waals surface area contributed by atoms with Gasteiger partial charge in [-0.15, -0.1) is 0 Å². The van der Waals surface area contributed by atoms with E-state index in [4.69, 9.17) is 66.0 Å². The number of Topliss-reactive ketones (excluding diaryl/α,β-unsaturated/α-hetero) is 2. The molecule has 4 bridgehead atoms. The van der Waals surface area contributed by atoms with Gasteiger partial charge < -0.3 is 102 Å². The topological polar surface area (TPSA) is 449 Å². The van der Waals surface area contributed by atoms with E-state index >= 15 is 9.59 Å². The maximum Gasteiger partial charge on any atom is 0.408 e. The van der Waals surface area contributed by atoms with Crippen LogP contribution in [-0.2, 0) is 95.1 Å². The van der Waals surface area contributed by atoms with Crippen molar-refractivity contribution >= 4 is 76.4 Å². The van der Waals surface area contributed by atoms with Crippen molar-refractivity contribution < 1.29 is 144 Å². The fourth-order valence-electron chi connectivity index (χ4n) is 20.5. The molecule has 126 heavy (non-hydrogen) atoms. The van der Waals surface area contributed by atoms with Crippen LogP contribution in [0.1, 0.15) is 181 Å². The number of ketones is 2. The van der Waals surface area contributed by atoms with Crippen LogP contribution in [0.3, 0.4) is 0 Å². The van der Waals surface area contributed by atoms with Gasteiger partial charge in [-0.2, -0.15) is 0 Å². The molecule has 34 heteroatoms. The number of ether oxygens (including phenoxy) is 13. The summed E-state index contributed by atoms with van der Waals surface area (Å²) in [5.74, 6) is -10.2. The Labute approximate surface area is 735 Å². The van der Waals surface area contributed by atoms with Crippen LogP contribution in [0.15, 0.2) is 136 Å². The number of carbonyl (C=O) groups excluding carboxylic acids is 11. The lowest BCUT2D eigenvalue weighted by atomic mass is 9.44. The Morgan fingerprint density at radius 1 is 0.595 bits per heavy atom. The number of benzene rings is 3. The zero-order valence-corrected chi connectivity index (χ0v) is 74.8. The summed E-state index contributed by atoms with van der Waals surface area (Å²) in [6.07, 6.45) is -18.8. The summed E-state index contributed by atoms with van der Waals surface area (Å²) in [4.78, 5) is 156. The molecule has 4 aromatic rings. The van der Waals surface area contributed by atoms with Crippen molar-refractivity contribution in [3.8, 4) is 0 Å². The molecule has 3 saturated heterocycles. The van der Waals surface area contributed by atoms with E-state index in [2.05, 4.69) is 10.6 Å². The highest BCUT2D eigenvalue weighted by molar-refractivity contribution is 8.13. The minimum absolute atomic E-state index is 0.00846. The third kappa shape index (κ3) is 17.8. The van der Waals surface area contributed by atoms with Crippen LogP contribution < -0.4 is 10.6 Å². The van der Waals surface area contributed by atoms with E-state index in [1.807, 2.05) is 18.7 Å². The highest BCUT2D eigenvalue weighted by Crippen LogP contribution is 2.67. The molecule has 3 aliphatic heterocycles. The summed E-state index contributed by atoms with van der Waals surface area (Å²) >= 11 is 0.947. The average molecular weight is 1780 g/mol. The van der Waals surface area contributed by atoms with E-state index in [1.165, 1.54) is 58.4 Å². The van der Waals surface area contributed by atoms with Crippen LogP contribution in [0.4, 0.5) is 9.59 Å². The van der Waals surface area contributed by atoms with Crippen molar-refractivity contribution in [3.63, 3.8) is 0 Å². The standard InChI is InChI=1S/C49H64N2O15.C43H53NO15S/c1-28-32(63-43(56)37(53)36(30-16-12-10-13-17-30)50-44(57)66-45(3,4)5)25-49(58)41(64-42(55)31-18-14-11-15-19-31)39-47(8,33(59-9)24-34-48(39,26-61-34)65-29(2)52)40(54)38(35(28)46(49,6)7)62-27-51-20-22-60-23-21-51;1-21(2)19-60-39(52)44-31(26-15-12-16-54-26)32(48)38(51)57-27-18-43(53)36(58-37(50)25-13-10-9-11-14-25)34-41(8,28(47)17-29-42(34,20-55-29)59-24(5)46)35(49)33(56-23(4)45)30(22(27)3)40(43,6)7/h10-19,32-34,36-39,41,53,58H,20-27H2,1-9H3,(H,50,57);9-16,21,27-29,31-34,36,47-48,53H,17-20H2,1-8H3,(H,44,52)/t32-,33-,34+,36-,37+,38+,39-,41-,47+,48-,49+;27-,28-,29+,31-,32+,33+,34-,36-,41+,42-,43+/m00/s1. The summed E-state index contributed by atoms with van der Waals surface area (Å²) in [6, 6.07) is 24.5. The second-order valence-electron chi connectivity index (χ2n) is 37.0. The first kappa shape index (κ1) is 95.8. The van der Waals surface area contributed by atoms with Crippen molar-refractivity contribution in [2.75, 3.05) is 59.1 Å². The zero-order valence-electron chi connectivity index (χ0n) is 74.0. The van der Waals surface area contributed by atoms with E-state index in [1.54, 1.807) is 141 Å². The maximum atomic E-state index is 16.1. The molecule has 6 aliphatic carbocycles. The van der Waals surface area contributed by atoms with E-state index < -0.39 is 224 Å². The number of furan rings is 1. The number of rotatable bonds is 23. The molecule has 13 rings (SSSR count). The summed E-state index contributed by atoms with van der Waals surface area (Å²) < 4.78 is 84.8. The second kappa shape index (κ2) is 37.0. The van der Waals surface area contributed by atoms with Gasteiger partial charge in [0, 0.05) is 83.2 Å². The Hall–Kier alpha value is -9.30. The van der Waals surface area contributed by atoms with E-state index in [9.17, 15) is 68.7 Å². The summed E-state index contributed by atoms with van der Waals surface area (Å²) in [6.45, 7) is 26.5. The minimum Gasteiger partial charge on any atom is -0.467 e. The fourth-order valence-corrected chi connectivity index (χ4v) is 21.2. The van der Waals surface area contributed by atoms with Gasteiger partial charge in [0.05, 0.1) is 84.7 Å². The molecular weight excluding hydrogens is 1660 g/mol. The number of hydrogen-bond donors (Lipinski definition) is 7. The molecule has 4 saturated carbocycles. The van der Waals surface area contributed by atoms with Gasteiger partial charge in [-0.25, -0.2) is 24.0 Å². The number of fused-ring (bicyclic) bond motifs is 10. The van der Waals surface area contributed by atoms with Crippen molar-refractivity contribution in [3.05, 3.63) is 154 Å². The Bertz CT molecular complexity index is 4800. The molecule has 2 amide bonds. The number of morpholine rings is 1. The molecule has 9 aliphatic rings. The normalized spacial score (nSPS) is 32.8. The van der Waals surface area contributed by atoms with Crippen molar-refractivity contribution in [2.45, 2.75) is 250 Å². The van der Waals surface area contributed by atoms with Gasteiger partial charge >= 0.3 is 47.9 Å². The Morgan fingerprint density at radius 2 is 1.06 bits per heavy atom. The van der Waals surface area contributed by atoms with Gasteiger partial charge in [-0.3, -0.25) is 33.7 Å². The van der Waals surface area contributed by atoms with Crippen LogP contribution >= 0.6 is 11.8 Å². The number of aliphatic hydroxyl groups is 5. The summed E-state index contributed by atoms with van der Waals surface area (Å²) in [5.41, 5.74) is -14.5. The number of alkyl carbamates (subject to hydrolysis) is 1. The molecule has 0 spiro atoms. The number of nitrogens with one attached hydrogen (secondary N) is 2. The van der Waals surface area contributed by atoms with Gasteiger partial charge in [0.2, 0.25) is 0 Å². The maximum absolute atomic E-state index is 16.1. The second-order valence-corrected chi connectivity index (χ2v) is 38.0. The first-order valence-corrected chi connectivity index (χ1v) is 43.4. The largest absolute Gasteiger partial charge is 0.467 e. The lowest BCUT2D eigenvalue weighted by Crippen LogP contribution is -2.82. The van der Waals surface area contributed by atoms with Crippen molar-refractivity contribution in [1.82, 2.24) is 15.5 Å². The first-order chi connectivity index (χ1) is 59.2. The molecule has 0 unspecified atom stereocenters. The lowest BCUT2D eigenvalue weighted by Gasteiger charge is -2.68. The number of nitrogens with zero attached hydrogens (tertiary/aromatic N) is 1. The van der Waals surface area contributed by atoms with Crippen LogP contribution in [-0.4, -0.2) is 255 Å². The van der Waals surface area contributed by atoms with Crippen LogP contribution in [0.2, 0.25) is 0 Å². The Kier molecular flexibility index (Phi) is 28.2. The molecule has 4 heterocycles. The number of methoxy groups -OCH3 is 1. The fraction of sp³-hybridized carbons (Fsp3) is 0.598.